The largest absolute Gasteiger partial charge is 0.358 e. The Bertz CT molecular complexity index is 1350. The molecule has 1 heterocycles. The van der Waals surface area contributed by atoms with E-state index in [1.807, 2.05) is 68.5 Å². The van der Waals surface area contributed by atoms with Crippen LogP contribution >= 0.6 is 15.9 Å². The molecule has 30 heavy (non-hydrogen) atoms. The van der Waals surface area contributed by atoms with E-state index in [1.54, 1.807) is 24.3 Å². The Morgan fingerprint density at radius 3 is 2.33 bits per heavy atom. The van der Waals surface area contributed by atoms with Crippen molar-refractivity contribution in [3.63, 3.8) is 0 Å². The molecule has 1 aromatic heterocycles. The molecule has 4 nitrogen and oxygen atoms in total. The Labute approximate surface area is 184 Å². The van der Waals surface area contributed by atoms with Gasteiger partial charge in [0.15, 0.2) is 0 Å². The molecule has 4 rings (SSSR count). The van der Waals surface area contributed by atoms with Crippen LogP contribution in [-0.4, -0.2) is 13.4 Å². The molecule has 4 aromatic rings. The molecule has 0 saturated heterocycles. The lowest BCUT2D eigenvalue weighted by atomic mass is 10.1. The monoisotopic (exact) mass is 480 g/mol. The minimum Gasteiger partial charge on any atom is -0.358 e. The van der Waals surface area contributed by atoms with Gasteiger partial charge in [-0.05, 0) is 49.8 Å². The van der Waals surface area contributed by atoms with E-state index in [9.17, 15) is 8.42 Å². The lowest BCUT2D eigenvalue weighted by molar-refractivity contribution is 0.591. The highest BCUT2D eigenvalue weighted by Gasteiger charge is 2.20. The van der Waals surface area contributed by atoms with Crippen molar-refractivity contribution in [3.05, 3.63) is 99.7 Å². The molecular weight excluding hydrogens is 460 g/mol. The number of H-pyrrole nitrogens is 1. The van der Waals surface area contributed by atoms with E-state index in [2.05, 4.69) is 25.6 Å². The quantitative estimate of drug-likeness (QED) is 0.366. The average Bonchev–Trinajstić information content (AvgIpc) is 3.05. The molecule has 0 atom stereocenters. The zero-order chi connectivity index (χ0) is 21.3. The van der Waals surface area contributed by atoms with Crippen molar-refractivity contribution >= 4 is 48.6 Å². The maximum Gasteiger partial charge on any atom is 0.261 e. The third-order valence-corrected chi connectivity index (χ3v) is 7.05. The van der Waals surface area contributed by atoms with E-state index in [0.717, 1.165) is 37.8 Å². The number of nitrogens with one attached hydrogen (secondary N) is 2. The Morgan fingerprint density at radius 1 is 0.933 bits per heavy atom. The summed E-state index contributed by atoms with van der Waals surface area (Å²) >= 11 is 3.56. The van der Waals surface area contributed by atoms with Gasteiger partial charge in [-0.3, -0.25) is 4.72 Å². The number of rotatable bonds is 5. The van der Waals surface area contributed by atoms with Gasteiger partial charge in [-0.25, -0.2) is 8.42 Å². The molecule has 3 aromatic carbocycles. The SMILES string of the molecule is Cc1ccc(S(=O)(=O)N/C(=C\c2ccccc2Br)c2c(C)[nH]c3ccccc23)cc1. The van der Waals surface area contributed by atoms with Crippen LogP contribution in [0.2, 0.25) is 0 Å². The molecule has 0 fully saturated rings. The summed E-state index contributed by atoms with van der Waals surface area (Å²) in [6.45, 7) is 3.88. The van der Waals surface area contributed by atoms with Crippen molar-refractivity contribution in [2.75, 3.05) is 0 Å². The van der Waals surface area contributed by atoms with E-state index in [0.29, 0.717) is 5.70 Å². The summed E-state index contributed by atoms with van der Waals surface area (Å²) in [4.78, 5) is 3.58. The van der Waals surface area contributed by atoms with Gasteiger partial charge in [0.25, 0.3) is 10.0 Å². The summed E-state index contributed by atoms with van der Waals surface area (Å²) in [6, 6.07) is 22.4. The van der Waals surface area contributed by atoms with Crippen molar-refractivity contribution in [1.82, 2.24) is 9.71 Å². The lowest BCUT2D eigenvalue weighted by Gasteiger charge is -2.14. The maximum atomic E-state index is 13.2. The maximum absolute atomic E-state index is 13.2. The second-order valence-corrected chi connectivity index (χ2v) is 9.71. The Morgan fingerprint density at radius 2 is 1.60 bits per heavy atom. The Balaban J connectivity index is 1.89. The number of hydrogen-bond donors (Lipinski definition) is 2. The van der Waals surface area contributed by atoms with Gasteiger partial charge in [0, 0.05) is 26.6 Å². The van der Waals surface area contributed by atoms with Crippen LogP contribution in [0.1, 0.15) is 22.4 Å². The number of para-hydroxylation sites is 1. The summed E-state index contributed by atoms with van der Waals surface area (Å²) in [5.74, 6) is 0. The molecule has 0 amide bonds. The molecule has 0 aliphatic rings. The van der Waals surface area contributed by atoms with Crippen molar-refractivity contribution in [1.29, 1.82) is 0 Å². The molecule has 0 spiro atoms. The van der Waals surface area contributed by atoms with Crippen molar-refractivity contribution in [3.8, 4) is 0 Å². The molecule has 0 saturated carbocycles. The number of benzene rings is 3. The smallest absolute Gasteiger partial charge is 0.261 e. The van der Waals surface area contributed by atoms with Crippen molar-refractivity contribution < 1.29 is 8.42 Å². The Kier molecular flexibility index (Phi) is 5.54. The standard InChI is InChI=1S/C24H21BrN2O2S/c1-16-11-13-19(14-12-16)30(28,29)27-23(15-18-7-3-5-9-21(18)25)24-17(2)26-22-10-6-4-8-20(22)24/h3-15,26-27H,1-2H3/b23-15-. The van der Waals surface area contributed by atoms with E-state index in [1.165, 1.54) is 0 Å². The van der Waals surface area contributed by atoms with Crippen LogP contribution in [0.3, 0.4) is 0 Å². The highest BCUT2D eigenvalue weighted by Crippen LogP contribution is 2.31. The third-order valence-electron chi connectivity index (χ3n) is 4.94. The molecule has 6 heteroatoms. The van der Waals surface area contributed by atoms with Crippen LogP contribution in [0.4, 0.5) is 0 Å². The van der Waals surface area contributed by atoms with Gasteiger partial charge in [-0.2, -0.15) is 0 Å². The van der Waals surface area contributed by atoms with Crippen LogP contribution in [0.5, 0.6) is 0 Å². The molecule has 0 aliphatic heterocycles. The molecule has 0 radical (unpaired) electrons. The molecule has 0 aliphatic carbocycles. The molecule has 0 bridgehead atoms. The Hall–Kier alpha value is -2.83. The van der Waals surface area contributed by atoms with Crippen LogP contribution in [0, 0.1) is 13.8 Å². The number of halogens is 1. The second kappa shape index (κ2) is 8.13. The van der Waals surface area contributed by atoms with E-state index in [4.69, 9.17) is 0 Å². The average molecular weight is 481 g/mol. The first kappa shape index (κ1) is 20.4. The highest BCUT2D eigenvalue weighted by molar-refractivity contribution is 9.10. The van der Waals surface area contributed by atoms with E-state index < -0.39 is 10.0 Å². The van der Waals surface area contributed by atoms with Crippen LogP contribution < -0.4 is 4.72 Å². The summed E-state index contributed by atoms with van der Waals surface area (Å²) < 4.78 is 30.1. The van der Waals surface area contributed by atoms with E-state index in [-0.39, 0.29) is 4.90 Å². The predicted octanol–water partition coefficient (Wildman–Crippen LogP) is 6.02. The summed E-state index contributed by atoms with van der Waals surface area (Å²) in [5.41, 5.74) is 5.07. The number of aromatic amines is 1. The zero-order valence-corrected chi connectivity index (χ0v) is 19.0. The normalized spacial score (nSPS) is 12.3. The number of sulfonamides is 1. The first-order valence-corrected chi connectivity index (χ1v) is 11.8. The van der Waals surface area contributed by atoms with Gasteiger partial charge in [0.1, 0.15) is 0 Å². The fraction of sp³-hybridized carbons (Fsp3) is 0.0833. The van der Waals surface area contributed by atoms with Crippen LogP contribution in [-0.2, 0) is 10.0 Å². The lowest BCUT2D eigenvalue weighted by Crippen LogP contribution is -2.22. The predicted molar refractivity (Wildman–Crippen MR) is 127 cm³/mol. The fourth-order valence-corrected chi connectivity index (χ4v) is 4.91. The number of fused-ring (bicyclic) bond motifs is 1. The molecule has 0 unspecified atom stereocenters. The van der Waals surface area contributed by atoms with Gasteiger partial charge in [0.05, 0.1) is 10.6 Å². The van der Waals surface area contributed by atoms with Crippen molar-refractivity contribution in [2.45, 2.75) is 18.7 Å². The minimum atomic E-state index is -3.77. The second-order valence-electron chi connectivity index (χ2n) is 7.17. The van der Waals surface area contributed by atoms with Gasteiger partial charge in [-0.1, -0.05) is 70.0 Å². The zero-order valence-electron chi connectivity index (χ0n) is 16.6. The summed E-state index contributed by atoms with van der Waals surface area (Å²) in [5, 5.41) is 0.958. The number of aromatic nitrogens is 1. The number of hydrogen-bond acceptors (Lipinski definition) is 2. The first-order chi connectivity index (χ1) is 14.3. The fourth-order valence-electron chi connectivity index (χ4n) is 3.45. The summed E-state index contributed by atoms with van der Waals surface area (Å²) in [7, 11) is -3.77. The first-order valence-electron chi connectivity index (χ1n) is 9.48. The van der Waals surface area contributed by atoms with Crippen LogP contribution in [0.25, 0.3) is 22.7 Å². The van der Waals surface area contributed by atoms with E-state index >= 15 is 0 Å². The highest BCUT2D eigenvalue weighted by atomic mass is 79.9. The van der Waals surface area contributed by atoms with Crippen molar-refractivity contribution in [2.24, 2.45) is 0 Å². The van der Waals surface area contributed by atoms with Gasteiger partial charge >= 0.3 is 0 Å². The number of aryl methyl sites for hydroxylation is 2. The minimum absolute atomic E-state index is 0.226. The van der Waals surface area contributed by atoms with Gasteiger partial charge in [0.2, 0.25) is 0 Å². The summed E-state index contributed by atoms with van der Waals surface area (Å²) in [6.07, 6.45) is 1.86. The van der Waals surface area contributed by atoms with Gasteiger partial charge < -0.3 is 4.98 Å². The molecule has 2 N–H and O–H groups in total. The molecular formula is C24H21BrN2O2S. The topological polar surface area (TPSA) is 62.0 Å². The third kappa shape index (κ3) is 4.06. The van der Waals surface area contributed by atoms with Gasteiger partial charge in [-0.15, -0.1) is 0 Å². The molecule has 152 valence electrons. The van der Waals surface area contributed by atoms with Crippen LogP contribution in [0.15, 0.2) is 82.2 Å².